The summed E-state index contributed by atoms with van der Waals surface area (Å²) in [7, 11) is 3.27. The van der Waals surface area contributed by atoms with E-state index in [1.54, 1.807) is 14.2 Å². The Morgan fingerprint density at radius 1 is 1.17 bits per heavy atom. The van der Waals surface area contributed by atoms with Gasteiger partial charge < -0.3 is 25.2 Å². The van der Waals surface area contributed by atoms with Crippen LogP contribution in [0.5, 0.6) is 11.5 Å². The number of aliphatic hydroxyl groups is 1. The second-order valence-corrected chi connectivity index (χ2v) is 6.82. The largest absolute Gasteiger partial charge is 0.493 e. The van der Waals surface area contributed by atoms with E-state index in [4.69, 9.17) is 9.47 Å². The number of hydrogen-bond acceptors (Lipinski definition) is 4. The molecule has 0 aliphatic heterocycles. The molecule has 0 bridgehead atoms. The van der Waals surface area contributed by atoms with Crippen molar-refractivity contribution in [2.45, 2.75) is 32.4 Å². The van der Waals surface area contributed by atoms with Gasteiger partial charge in [-0.15, -0.1) is 6.58 Å². The summed E-state index contributed by atoms with van der Waals surface area (Å²) >= 11 is 0. The average molecular weight is 412 g/mol. The van der Waals surface area contributed by atoms with Crippen molar-refractivity contribution in [2.75, 3.05) is 27.3 Å². The fourth-order valence-electron chi connectivity index (χ4n) is 3.19. The van der Waals surface area contributed by atoms with E-state index in [0.717, 1.165) is 29.0 Å². The third-order valence-corrected chi connectivity index (χ3v) is 4.64. The Morgan fingerprint density at radius 2 is 1.93 bits per heavy atom. The number of aliphatic hydroxyl groups excluding tert-OH is 1. The summed E-state index contributed by atoms with van der Waals surface area (Å²) in [5.74, 6) is 2.12. The van der Waals surface area contributed by atoms with Crippen molar-refractivity contribution >= 4 is 5.96 Å². The van der Waals surface area contributed by atoms with Crippen LogP contribution in [0.3, 0.4) is 0 Å². The van der Waals surface area contributed by atoms with Crippen LogP contribution in [0.1, 0.15) is 36.1 Å². The van der Waals surface area contributed by atoms with Crippen LogP contribution in [-0.2, 0) is 13.0 Å². The van der Waals surface area contributed by atoms with Gasteiger partial charge in [0.2, 0.25) is 0 Å². The predicted molar refractivity (Wildman–Crippen MR) is 122 cm³/mol. The van der Waals surface area contributed by atoms with Gasteiger partial charge in [-0.2, -0.15) is 0 Å². The van der Waals surface area contributed by atoms with Crippen molar-refractivity contribution in [1.29, 1.82) is 0 Å². The molecule has 0 saturated heterocycles. The van der Waals surface area contributed by atoms with Gasteiger partial charge >= 0.3 is 0 Å². The lowest BCUT2D eigenvalue weighted by atomic mass is 10.1. The molecule has 2 rings (SSSR count). The molecule has 0 saturated carbocycles. The molecule has 0 fully saturated rings. The lowest BCUT2D eigenvalue weighted by molar-refractivity contribution is 0.168. The van der Waals surface area contributed by atoms with E-state index in [9.17, 15) is 5.11 Å². The smallest absolute Gasteiger partial charge is 0.191 e. The van der Waals surface area contributed by atoms with Crippen LogP contribution in [0.15, 0.2) is 60.1 Å². The number of aliphatic imine (C=N–C) groups is 1. The highest BCUT2D eigenvalue weighted by Crippen LogP contribution is 2.33. The zero-order valence-electron chi connectivity index (χ0n) is 18.1. The van der Waals surface area contributed by atoms with Crippen molar-refractivity contribution in [2.24, 2.45) is 4.99 Å². The minimum absolute atomic E-state index is 0.487. The van der Waals surface area contributed by atoms with E-state index in [2.05, 4.69) is 28.3 Å². The van der Waals surface area contributed by atoms with E-state index in [1.165, 1.54) is 0 Å². The molecule has 30 heavy (non-hydrogen) atoms. The fraction of sp³-hybridized carbons (Fsp3) is 0.375. The van der Waals surface area contributed by atoms with Crippen LogP contribution in [0.2, 0.25) is 0 Å². The maximum Gasteiger partial charge on any atom is 0.191 e. The summed E-state index contributed by atoms with van der Waals surface area (Å²) in [6, 6.07) is 13.7. The molecule has 0 aromatic heterocycles. The second kappa shape index (κ2) is 12.5. The summed E-state index contributed by atoms with van der Waals surface area (Å²) in [5.41, 5.74) is 2.95. The van der Waals surface area contributed by atoms with Gasteiger partial charge in [0.15, 0.2) is 17.5 Å². The number of nitrogens with one attached hydrogen (secondary N) is 2. The molecule has 0 heterocycles. The molecule has 6 nitrogen and oxygen atoms in total. The topological polar surface area (TPSA) is 75.1 Å². The minimum atomic E-state index is -0.506. The Labute approximate surface area is 179 Å². The van der Waals surface area contributed by atoms with Crippen LogP contribution >= 0.6 is 0 Å². The number of rotatable bonds is 11. The summed E-state index contributed by atoms with van der Waals surface area (Å²) in [6.45, 7) is 7.69. The number of methoxy groups -OCH3 is 2. The normalized spacial score (nSPS) is 12.2. The first-order valence-electron chi connectivity index (χ1n) is 10.2. The van der Waals surface area contributed by atoms with Gasteiger partial charge in [-0.1, -0.05) is 36.4 Å². The van der Waals surface area contributed by atoms with Crippen LogP contribution in [-0.4, -0.2) is 38.4 Å². The minimum Gasteiger partial charge on any atom is -0.493 e. The van der Waals surface area contributed by atoms with Crippen LogP contribution in [0, 0.1) is 0 Å². The van der Waals surface area contributed by atoms with Crippen molar-refractivity contribution in [1.82, 2.24) is 10.6 Å². The third-order valence-electron chi connectivity index (χ3n) is 4.64. The van der Waals surface area contributed by atoms with E-state index >= 15 is 0 Å². The molecule has 1 atom stereocenters. The summed E-state index contributed by atoms with van der Waals surface area (Å²) < 4.78 is 11.0. The monoisotopic (exact) mass is 411 g/mol. The van der Waals surface area contributed by atoms with Crippen molar-refractivity contribution in [3.63, 3.8) is 0 Å². The van der Waals surface area contributed by atoms with Crippen molar-refractivity contribution in [3.05, 3.63) is 71.8 Å². The Balaban J connectivity index is 2.04. The molecule has 0 aliphatic carbocycles. The van der Waals surface area contributed by atoms with Gasteiger partial charge in [0.1, 0.15) is 0 Å². The fourth-order valence-corrected chi connectivity index (χ4v) is 3.19. The summed E-state index contributed by atoms with van der Waals surface area (Å²) in [6.07, 6.45) is 2.61. The van der Waals surface area contributed by atoms with Crippen LogP contribution < -0.4 is 20.1 Å². The lowest BCUT2D eigenvalue weighted by Gasteiger charge is -2.15. The SMILES string of the molecule is C=CCc1cc(CN=C(NCC)NCCC(O)c2ccccc2)cc(OC)c1OC. The number of allylic oxidation sites excluding steroid dienone is 1. The number of ether oxygens (including phenoxy) is 2. The van der Waals surface area contributed by atoms with Gasteiger partial charge in [0, 0.05) is 18.7 Å². The van der Waals surface area contributed by atoms with E-state index in [-0.39, 0.29) is 0 Å². The Kier molecular flexibility index (Phi) is 9.74. The van der Waals surface area contributed by atoms with Gasteiger partial charge in [0.25, 0.3) is 0 Å². The highest BCUT2D eigenvalue weighted by atomic mass is 16.5. The van der Waals surface area contributed by atoms with Crippen LogP contribution in [0.4, 0.5) is 0 Å². The zero-order valence-corrected chi connectivity index (χ0v) is 18.1. The molecular formula is C24H33N3O3. The molecule has 0 amide bonds. The molecule has 1 unspecified atom stereocenters. The highest BCUT2D eigenvalue weighted by Gasteiger charge is 2.12. The summed E-state index contributed by atoms with van der Waals surface area (Å²) in [4.78, 5) is 4.68. The molecule has 6 heteroatoms. The quantitative estimate of drug-likeness (QED) is 0.299. The average Bonchev–Trinajstić information content (AvgIpc) is 2.77. The molecule has 2 aromatic carbocycles. The number of hydrogen-bond donors (Lipinski definition) is 3. The Hall–Kier alpha value is -2.99. The molecule has 0 spiro atoms. The van der Waals surface area contributed by atoms with Crippen molar-refractivity contribution < 1.29 is 14.6 Å². The molecular weight excluding hydrogens is 378 g/mol. The maximum atomic E-state index is 10.3. The molecule has 3 N–H and O–H groups in total. The highest BCUT2D eigenvalue weighted by molar-refractivity contribution is 5.79. The number of guanidine groups is 1. The molecule has 2 aromatic rings. The lowest BCUT2D eigenvalue weighted by Crippen LogP contribution is -2.38. The van der Waals surface area contributed by atoms with Crippen LogP contribution in [0.25, 0.3) is 0 Å². The predicted octanol–water partition coefficient (Wildman–Crippen LogP) is 3.61. The molecule has 162 valence electrons. The first-order chi connectivity index (χ1) is 14.6. The number of nitrogens with zero attached hydrogens (tertiary/aromatic N) is 1. The zero-order chi connectivity index (χ0) is 21.8. The standard InChI is InChI=1S/C24H33N3O3/c1-5-10-20-15-18(16-22(29-3)23(20)30-4)17-27-24(25-6-2)26-14-13-21(28)19-11-8-7-9-12-19/h5,7-9,11-12,15-16,21,28H,1,6,10,13-14,17H2,2-4H3,(H2,25,26,27). The maximum absolute atomic E-state index is 10.3. The Bertz CT molecular complexity index is 822. The van der Waals surface area contributed by atoms with E-state index < -0.39 is 6.10 Å². The van der Waals surface area contributed by atoms with Gasteiger partial charge in [-0.25, -0.2) is 4.99 Å². The van der Waals surface area contributed by atoms with E-state index in [0.29, 0.717) is 37.6 Å². The van der Waals surface area contributed by atoms with Crippen molar-refractivity contribution in [3.8, 4) is 11.5 Å². The first-order valence-corrected chi connectivity index (χ1v) is 10.2. The third kappa shape index (κ3) is 6.81. The van der Waals surface area contributed by atoms with Gasteiger partial charge in [-0.05, 0) is 43.0 Å². The molecule has 0 aliphatic rings. The van der Waals surface area contributed by atoms with E-state index in [1.807, 2.05) is 49.4 Å². The first kappa shape index (κ1) is 23.3. The Morgan fingerprint density at radius 3 is 2.57 bits per heavy atom. The summed E-state index contributed by atoms with van der Waals surface area (Å²) in [5, 5.41) is 16.9. The van der Waals surface area contributed by atoms with Gasteiger partial charge in [0.05, 0.1) is 26.9 Å². The number of benzene rings is 2. The van der Waals surface area contributed by atoms with Gasteiger partial charge in [-0.3, -0.25) is 0 Å². The second-order valence-electron chi connectivity index (χ2n) is 6.82. The molecule has 0 radical (unpaired) electrons.